The number of hydrogen-bond donors (Lipinski definition) is 1. The number of rotatable bonds is 9. The topological polar surface area (TPSA) is 59.8 Å². The van der Waals surface area contributed by atoms with E-state index in [9.17, 15) is 4.79 Å². The number of benzene rings is 2. The number of nitrogens with one attached hydrogen (secondary N) is 1. The monoisotopic (exact) mass is 412 g/mol. The zero-order valence-electron chi connectivity index (χ0n) is 16.1. The van der Waals surface area contributed by atoms with Gasteiger partial charge in [0.2, 0.25) is 5.91 Å². The molecule has 0 atom stereocenters. The number of nitrogens with zero attached hydrogens (tertiary/aromatic N) is 3. The van der Waals surface area contributed by atoms with Crippen LogP contribution < -0.4 is 5.32 Å². The summed E-state index contributed by atoms with van der Waals surface area (Å²) >= 11 is 3.24. The lowest BCUT2D eigenvalue weighted by Gasteiger charge is -2.08. The molecule has 1 aromatic heterocycles. The Morgan fingerprint density at radius 2 is 1.79 bits per heavy atom. The van der Waals surface area contributed by atoms with E-state index in [0.29, 0.717) is 5.75 Å². The molecule has 0 fully saturated rings. The first-order chi connectivity index (χ1) is 13.7. The maximum absolute atomic E-state index is 12.2. The standard InChI is InChI=1S/C21H24N4OS2/c1-3-25-19(14-27-13-17-7-5-4-6-8-17)23-24-21(25)28-15-20(26)22-18-11-9-16(2)10-12-18/h4-12H,3,13-15H2,1-2H3,(H,22,26). The zero-order chi connectivity index (χ0) is 19.8. The Bertz CT molecular complexity index is 895. The minimum atomic E-state index is -0.0421. The summed E-state index contributed by atoms with van der Waals surface area (Å²) in [5.41, 5.74) is 3.28. The number of carbonyl (C=O) groups is 1. The quantitative estimate of drug-likeness (QED) is 0.513. The first-order valence-electron chi connectivity index (χ1n) is 9.18. The Labute approximate surface area is 174 Å². The molecule has 3 aromatic rings. The molecule has 0 radical (unpaired) electrons. The molecular weight excluding hydrogens is 388 g/mol. The van der Waals surface area contributed by atoms with E-state index in [1.807, 2.05) is 49.0 Å². The van der Waals surface area contributed by atoms with Gasteiger partial charge in [0.25, 0.3) is 0 Å². The molecular formula is C21H24N4OS2. The van der Waals surface area contributed by atoms with Crippen molar-refractivity contribution < 1.29 is 4.79 Å². The average Bonchev–Trinajstić information content (AvgIpc) is 3.11. The average molecular weight is 413 g/mol. The Morgan fingerprint density at radius 1 is 1.04 bits per heavy atom. The van der Waals surface area contributed by atoms with E-state index in [-0.39, 0.29) is 5.91 Å². The maximum atomic E-state index is 12.2. The van der Waals surface area contributed by atoms with Gasteiger partial charge < -0.3 is 9.88 Å². The lowest BCUT2D eigenvalue weighted by atomic mass is 10.2. The second kappa shape index (κ2) is 10.3. The van der Waals surface area contributed by atoms with E-state index in [1.165, 1.54) is 22.9 Å². The highest BCUT2D eigenvalue weighted by Gasteiger charge is 2.13. The first-order valence-corrected chi connectivity index (χ1v) is 11.3. The number of hydrogen-bond acceptors (Lipinski definition) is 5. The molecule has 3 rings (SSSR count). The first kappa shape index (κ1) is 20.5. The van der Waals surface area contributed by atoms with Crippen LogP contribution in [0.15, 0.2) is 59.8 Å². The lowest BCUT2D eigenvalue weighted by Crippen LogP contribution is -2.14. The van der Waals surface area contributed by atoms with Gasteiger partial charge in [0.1, 0.15) is 5.82 Å². The van der Waals surface area contributed by atoms with Gasteiger partial charge in [-0.3, -0.25) is 4.79 Å². The number of aryl methyl sites for hydroxylation is 1. The van der Waals surface area contributed by atoms with E-state index >= 15 is 0 Å². The van der Waals surface area contributed by atoms with Crippen molar-refractivity contribution in [3.8, 4) is 0 Å². The molecule has 0 bridgehead atoms. The molecule has 2 aromatic carbocycles. The van der Waals surface area contributed by atoms with Crippen LogP contribution in [0.5, 0.6) is 0 Å². The highest BCUT2D eigenvalue weighted by molar-refractivity contribution is 7.99. The molecule has 0 aliphatic heterocycles. The summed E-state index contributed by atoms with van der Waals surface area (Å²) in [6, 6.07) is 18.2. The zero-order valence-corrected chi connectivity index (χ0v) is 17.7. The van der Waals surface area contributed by atoms with E-state index in [4.69, 9.17) is 0 Å². The van der Waals surface area contributed by atoms with Crippen molar-refractivity contribution in [3.63, 3.8) is 0 Å². The predicted molar refractivity (Wildman–Crippen MR) is 118 cm³/mol. The second-order valence-corrected chi connectivity index (χ2v) is 8.25. The Hall–Kier alpha value is -2.25. The van der Waals surface area contributed by atoms with Crippen LogP contribution in [0.25, 0.3) is 0 Å². The third-order valence-corrected chi connectivity index (χ3v) is 6.09. The molecule has 0 aliphatic rings. The van der Waals surface area contributed by atoms with Gasteiger partial charge in [-0.05, 0) is 31.5 Å². The molecule has 28 heavy (non-hydrogen) atoms. The van der Waals surface area contributed by atoms with Crippen LogP contribution >= 0.6 is 23.5 Å². The summed E-state index contributed by atoms with van der Waals surface area (Å²) in [4.78, 5) is 12.2. The van der Waals surface area contributed by atoms with Crippen LogP contribution in [0.2, 0.25) is 0 Å². The molecule has 1 heterocycles. The fraction of sp³-hybridized carbons (Fsp3) is 0.286. The van der Waals surface area contributed by atoms with Gasteiger partial charge in [-0.2, -0.15) is 0 Å². The highest BCUT2D eigenvalue weighted by Crippen LogP contribution is 2.22. The largest absolute Gasteiger partial charge is 0.325 e. The van der Waals surface area contributed by atoms with Crippen molar-refractivity contribution >= 4 is 35.1 Å². The number of amides is 1. The van der Waals surface area contributed by atoms with Gasteiger partial charge >= 0.3 is 0 Å². The van der Waals surface area contributed by atoms with E-state index in [1.54, 1.807) is 0 Å². The fourth-order valence-corrected chi connectivity index (χ4v) is 4.40. The van der Waals surface area contributed by atoms with E-state index < -0.39 is 0 Å². The van der Waals surface area contributed by atoms with Crippen molar-refractivity contribution in [2.45, 2.75) is 37.1 Å². The second-order valence-electron chi connectivity index (χ2n) is 6.32. The SMILES string of the molecule is CCn1c(CSCc2ccccc2)nnc1SCC(=O)Nc1ccc(C)cc1. The van der Waals surface area contributed by atoms with Crippen LogP contribution in [0, 0.1) is 6.92 Å². The van der Waals surface area contributed by atoms with Crippen molar-refractivity contribution in [1.29, 1.82) is 0 Å². The smallest absolute Gasteiger partial charge is 0.234 e. The molecule has 7 heteroatoms. The van der Waals surface area contributed by atoms with E-state index in [2.05, 4.69) is 51.3 Å². The van der Waals surface area contributed by atoms with Gasteiger partial charge in [0.05, 0.1) is 11.5 Å². The van der Waals surface area contributed by atoms with Crippen molar-refractivity contribution in [2.75, 3.05) is 11.1 Å². The molecule has 0 saturated heterocycles. The van der Waals surface area contributed by atoms with E-state index in [0.717, 1.165) is 34.7 Å². The minimum Gasteiger partial charge on any atom is -0.325 e. The molecule has 1 amide bonds. The summed E-state index contributed by atoms with van der Waals surface area (Å²) in [6.07, 6.45) is 0. The molecule has 146 valence electrons. The maximum Gasteiger partial charge on any atom is 0.234 e. The third-order valence-electron chi connectivity index (χ3n) is 4.12. The van der Waals surface area contributed by atoms with Crippen molar-refractivity contribution in [2.24, 2.45) is 0 Å². The number of thioether (sulfide) groups is 2. The summed E-state index contributed by atoms with van der Waals surface area (Å²) in [5, 5.41) is 12.3. The fourth-order valence-electron chi connectivity index (χ4n) is 2.65. The van der Waals surface area contributed by atoms with Gasteiger partial charge in [0.15, 0.2) is 5.16 Å². The highest BCUT2D eigenvalue weighted by atomic mass is 32.2. The number of carbonyl (C=O) groups excluding carboxylic acids is 1. The minimum absolute atomic E-state index is 0.0421. The summed E-state index contributed by atoms with van der Waals surface area (Å²) < 4.78 is 2.09. The number of anilines is 1. The normalized spacial score (nSPS) is 10.8. The van der Waals surface area contributed by atoms with Crippen LogP contribution in [0.4, 0.5) is 5.69 Å². The van der Waals surface area contributed by atoms with Gasteiger partial charge in [0, 0.05) is 18.0 Å². The predicted octanol–water partition coefficient (Wildman–Crippen LogP) is 4.77. The molecule has 5 nitrogen and oxygen atoms in total. The lowest BCUT2D eigenvalue weighted by molar-refractivity contribution is -0.113. The molecule has 0 aliphatic carbocycles. The van der Waals surface area contributed by atoms with Crippen LogP contribution in [-0.4, -0.2) is 26.4 Å². The number of aromatic nitrogens is 3. The molecule has 1 N–H and O–H groups in total. The van der Waals surface area contributed by atoms with Crippen molar-refractivity contribution in [3.05, 3.63) is 71.5 Å². The summed E-state index contributed by atoms with van der Waals surface area (Å²) in [6.45, 7) is 4.88. The molecule has 0 unspecified atom stereocenters. The van der Waals surface area contributed by atoms with Gasteiger partial charge in [-0.1, -0.05) is 59.8 Å². The third kappa shape index (κ3) is 5.87. The van der Waals surface area contributed by atoms with Crippen LogP contribution in [0.1, 0.15) is 23.9 Å². The Balaban J connectivity index is 1.51. The van der Waals surface area contributed by atoms with Crippen LogP contribution in [0.3, 0.4) is 0 Å². The summed E-state index contributed by atoms with van der Waals surface area (Å²) in [7, 11) is 0. The summed E-state index contributed by atoms with van der Waals surface area (Å²) in [5.74, 6) is 2.96. The molecule has 0 saturated carbocycles. The van der Waals surface area contributed by atoms with Crippen molar-refractivity contribution in [1.82, 2.24) is 14.8 Å². The Kier molecular flexibility index (Phi) is 7.56. The van der Waals surface area contributed by atoms with Gasteiger partial charge in [-0.25, -0.2) is 0 Å². The molecule has 0 spiro atoms. The Morgan fingerprint density at radius 3 is 2.50 bits per heavy atom. The van der Waals surface area contributed by atoms with Crippen LogP contribution in [-0.2, 0) is 22.8 Å². The van der Waals surface area contributed by atoms with Gasteiger partial charge in [-0.15, -0.1) is 22.0 Å².